The van der Waals surface area contributed by atoms with Gasteiger partial charge in [-0.2, -0.15) is 0 Å². The summed E-state index contributed by atoms with van der Waals surface area (Å²) in [6.45, 7) is 3.08. The van der Waals surface area contributed by atoms with E-state index in [1.165, 1.54) is 0 Å². The Labute approximate surface area is 111 Å². The highest BCUT2D eigenvalue weighted by atomic mass is 79.9. The molecule has 0 heterocycles. The Balaban J connectivity index is 2.57. The minimum Gasteiger partial charge on any atom is -0.383 e. The molecule has 0 saturated carbocycles. The van der Waals surface area contributed by atoms with E-state index in [1.807, 2.05) is 43.1 Å². The SMILES string of the molecule is COCC(C)N(C)CC(=O)c1ccc(Br)cc1. The van der Waals surface area contributed by atoms with Gasteiger partial charge in [0.05, 0.1) is 13.2 Å². The molecule has 0 aliphatic rings. The largest absolute Gasteiger partial charge is 0.383 e. The number of Topliss-reactive ketones (excluding diaryl/α,β-unsaturated/α-hetero) is 1. The number of rotatable bonds is 6. The Kier molecular flexibility index (Phi) is 5.82. The average Bonchev–Trinajstić information content (AvgIpc) is 2.30. The molecule has 1 aromatic rings. The van der Waals surface area contributed by atoms with Crippen LogP contribution >= 0.6 is 15.9 Å². The number of ketones is 1. The van der Waals surface area contributed by atoms with E-state index in [-0.39, 0.29) is 11.8 Å². The van der Waals surface area contributed by atoms with Gasteiger partial charge in [0.1, 0.15) is 0 Å². The van der Waals surface area contributed by atoms with Gasteiger partial charge in [-0.3, -0.25) is 9.69 Å². The van der Waals surface area contributed by atoms with E-state index in [9.17, 15) is 4.79 Å². The number of ether oxygens (including phenoxy) is 1. The summed E-state index contributed by atoms with van der Waals surface area (Å²) in [5.74, 6) is 0.128. The number of methoxy groups -OCH3 is 1. The van der Waals surface area contributed by atoms with Crippen LogP contribution in [0.3, 0.4) is 0 Å². The molecule has 0 fully saturated rings. The van der Waals surface area contributed by atoms with Crippen LogP contribution in [0, 0.1) is 0 Å². The summed E-state index contributed by atoms with van der Waals surface area (Å²) in [5.41, 5.74) is 0.740. The zero-order chi connectivity index (χ0) is 12.8. The first-order valence-corrected chi connectivity index (χ1v) is 6.32. The van der Waals surface area contributed by atoms with Crippen molar-refractivity contribution in [2.75, 3.05) is 27.3 Å². The number of halogens is 1. The van der Waals surface area contributed by atoms with E-state index in [1.54, 1.807) is 7.11 Å². The molecule has 0 spiro atoms. The summed E-state index contributed by atoms with van der Waals surface area (Å²) in [7, 11) is 3.60. The van der Waals surface area contributed by atoms with Crippen molar-refractivity contribution >= 4 is 21.7 Å². The highest BCUT2D eigenvalue weighted by molar-refractivity contribution is 9.10. The third kappa shape index (κ3) is 4.58. The third-order valence-corrected chi connectivity index (χ3v) is 3.25. The van der Waals surface area contributed by atoms with Crippen LogP contribution in [0.2, 0.25) is 0 Å². The summed E-state index contributed by atoms with van der Waals surface area (Å²) >= 11 is 3.35. The van der Waals surface area contributed by atoms with Gasteiger partial charge >= 0.3 is 0 Å². The zero-order valence-electron chi connectivity index (χ0n) is 10.4. The predicted molar refractivity (Wildman–Crippen MR) is 72.4 cm³/mol. The lowest BCUT2D eigenvalue weighted by Crippen LogP contribution is -2.36. The van der Waals surface area contributed by atoms with Gasteiger partial charge < -0.3 is 4.74 Å². The fraction of sp³-hybridized carbons (Fsp3) is 0.462. The Morgan fingerprint density at radius 1 is 1.41 bits per heavy atom. The molecule has 1 unspecified atom stereocenters. The van der Waals surface area contributed by atoms with E-state index >= 15 is 0 Å². The smallest absolute Gasteiger partial charge is 0.176 e. The minimum absolute atomic E-state index is 0.128. The zero-order valence-corrected chi connectivity index (χ0v) is 12.0. The van der Waals surface area contributed by atoms with E-state index in [2.05, 4.69) is 15.9 Å². The van der Waals surface area contributed by atoms with Gasteiger partial charge in [0.15, 0.2) is 5.78 Å². The maximum Gasteiger partial charge on any atom is 0.176 e. The topological polar surface area (TPSA) is 29.5 Å². The Bertz CT molecular complexity index is 364. The molecule has 94 valence electrons. The number of hydrogen-bond acceptors (Lipinski definition) is 3. The molecule has 0 amide bonds. The quantitative estimate of drug-likeness (QED) is 0.756. The Morgan fingerprint density at radius 3 is 2.53 bits per heavy atom. The molecule has 1 aromatic carbocycles. The highest BCUT2D eigenvalue weighted by Crippen LogP contribution is 2.11. The van der Waals surface area contributed by atoms with Crippen LogP contribution in [-0.2, 0) is 4.74 Å². The van der Waals surface area contributed by atoms with Gasteiger partial charge in [-0.05, 0) is 26.1 Å². The number of carbonyl (C=O) groups excluding carboxylic acids is 1. The maximum atomic E-state index is 12.0. The van der Waals surface area contributed by atoms with Crippen LogP contribution in [0.25, 0.3) is 0 Å². The van der Waals surface area contributed by atoms with Crippen LogP contribution in [-0.4, -0.2) is 44.0 Å². The van der Waals surface area contributed by atoms with Gasteiger partial charge in [-0.25, -0.2) is 0 Å². The van der Waals surface area contributed by atoms with Gasteiger partial charge in [0.2, 0.25) is 0 Å². The van der Waals surface area contributed by atoms with Crippen molar-refractivity contribution in [3.8, 4) is 0 Å². The molecule has 3 nitrogen and oxygen atoms in total. The number of hydrogen-bond donors (Lipinski definition) is 0. The van der Waals surface area contributed by atoms with Gasteiger partial charge in [-0.15, -0.1) is 0 Å². The summed E-state index contributed by atoms with van der Waals surface area (Å²) in [6.07, 6.45) is 0. The van der Waals surface area contributed by atoms with E-state index in [4.69, 9.17) is 4.74 Å². The van der Waals surface area contributed by atoms with Crippen LogP contribution in [0.5, 0.6) is 0 Å². The summed E-state index contributed by atoms with van der Waals surface area (Å²) in [4.78, 5) is 14.0. The van der Waals surface area contributed by atoms with Gasteiger partial charge in [0, 0.05) is 23.2 Å². The molecule has 0 aliphatic heterocycles. The predicted octanol–water partition coefficient (Wildman–Crippen LogP) is 2.60. The van der Waals surface area contributed by atoms with Crippen molar-refractivity contribution < 1.29 is 9.53 Å². The Morgan fingerprint density at radius 2 is 2.00 bits per heavy atom. The summed E-state index contributed by atoms with van der Waals surface area (Å²) in [5, 5.41) is 0. The van der Waals surface area contributed by atoms with Crippen LogP contribution in [0.1, 0.15) is 17.3 Å². The molecule has 0 N–H and O–H groups in total. The Hall–Kier alpha value is -0.710. The first-order chi connectivity index (χ1) is 8.04. The molecule has 1 atom stereocenters. The summed E-state index contributed by atoms with van der Waals surface area (Å²) in [6, 6.07) is 7.67. The van der Waals surface area contributed by atoms with Crippen LogP contribution < -0.4 is 0 Å². The first kappa shape index (κ1) is 14.4. The van der Waals surface area contributed by atoms with Gasteiger partial charge in [0.25, 0.3) is 0 Å². The lowest BCUT2D eigenvalue weighted by atomic mass is 10.1. The molecule has 17 heavy (non-hydrogen) atoms. The van der Waals surface area contributed by atoms with E-state index < -0.39 is 0 Å². The third-order valence-electron chi connectivity index (χ3n) is 2.72. The molecule has 0 radical (unpaired) electrons. The van der Waals surface area contributed by atoms with Crippen molar-refractivity contribution in [1.82, 2.24) is 4.90 Å². The van der Waals surface area contributed by atoms with Crippen molar-refractivity contribution in [1.29, 1.82) is 0 Å². The lowest BCUT2D eigenvalue weighted by Gasteiger charge is -2.23. The average molecular weight is 300 g/mol. The first-order valence-electron chi connectivity index (χ1n) is 5.52. The van der Waals surface area contributed by atoms with Crippen molar-refractivity contribution in [3.05, 3.63) is 34.3 Å². The molecular weight excluding hydrogens is 282 g/mol. The molecule has 0 bridgehead atoms. The second-order valence-corrected chi connectivity index (χ2v) is 5.07. The lowest BCUT2D eigenvalue weighted by molar-refractivity contribution is 0.0841. The van der Waals surface area contributed by atoms with Gasteiger partial charge in [-0.1, -0.05) is 28.1 Å². The van der Waals surface area contributed by atoms with Crippen molar-refractivity contribution in [3.63, 3.8) is 0 Å². The molecule has 1 rings (SSSR count). The van der Waals surface area contributed by atoms with Crippen LogP contribution in [0.15, 0.2) is 28.7 Å². The molecule has 4 heteroatoms. The standard InChI is InChI=1S/C13H18BrNO2/c1-10(9-17-3)15(2)8-13(16)11-4-6-12(14)7-5-11/h4-7,10H,8-9H2,1-3H3. The fourth-order valence-corrected chi connectivity index (χ4v) is 1.74. The van der Waals surface area contributed by atoms with E-state index in [0.29, 0.717) is 13.2 Å². The molecule has 0 aromatic heterocycles. The second-order valence-electron chi connectivity index (χ2n) is 4.15. The number of likely N-dealkylation sites (N-methyl/N-ethyl adjacent to an activating group) is 1. The normalized spacial score (nSPS) is 12.8. The van der Waals surface area contributed by atoms with Crippen LogP contribution in [0.4, 0.5) is 0 Å². The number of benzene rings is 1. The molecule has 0 aliphatic carbocycles. The number of nitrogens with zero attached hydrogens (tertiary/aromatic N) is 1. The van der Waals surface area contributed by atoms with Crippen molar-refractivity contribution in [2.24, 2.45) is 0 Å². The highest BCUT2D eigenvalue weighted by Gasteiger charge is 2.14. The molecule has 0 saturated heterocycles. The number of carbonyl (C=O) groups is 1. The summed E-state index contributed by atoms with van der Waals surface area (Å²) < 4.78 is 6.05. The second kappa shape index (κ2) is 6.89. The molecular formula is C13H18BrNO2. The monoisotopic (exact) mass is 299 g/mol. The van der Waals surface area contributed by atoms with Crippen molar-refractivity contribution in [2.45, 2.75) is 13.0 Å². The minimum atomic E-state index is 0.128. The fourth-order valence-electron chi connectivity index (χ4n) is 1.48. The maximum absolute atomic E-state index is 12.0. The van der Waals surface area contributed by atoms with E-state index in [0.717, 1.165) is 10.0 Å².